The predicted molar refractivity (Wildman–Crippen MR) is 70.2 cm³/mol. The number of methoxy groups -OCH3 is 1. The van der Waals surface area contributed by atoms with E-state index in [1.807, 2.05) is 26.0 Å². The van der Waals surface area contributed by atoms with E-state index in [1.165, 1.54) is 0 Å². The number of aromatic nitrogens is 1. The van der Waals surface area contributed by atoms with Gasteiger partial charge in [0, 0.05) is 11.8 Å². The third-order valence-corrected chi connectivity index (χ3v) is 4.12. The highest BCUT2D eigenvalue weighted by molar-refractivity contribution is 7.84. The van der Waals surface area contributed by atoms with E-state index in [9.17, 15) is 4.21 Å². The molecule has 17 heavy (non-hydrogen) atoms. The normalized spacial score (nSPS) is 15.4. The molecule has 0 aliphatic carbocycles. The third-order valence-electron chi connectivity index (χ3n) is 2.87. The van der Waals surface area contributed by atoms with Crippen LogP contribution >= 0.6 is 0 Å². The first-order valence-corrected chi connectivity index (χ1v) is 6.75. The molecular weight excluding hydrogens is 236 g/mol. The summed E-state index contributed by atoms with van der Waals surface area (Å²) in [5.41, 5.74) is 1.02. The summed E-state index contributed by atoms with van der Waals surface area (Å²) in [4.78, 5) is 4.16. The number of pyridine rings is 1. The zero-order valence-corrected chi connectivity index (χ0v) is 11.6. The number of nitrogens with two attached hydrogens (primary N) is 1. The molecule has 1 rings (SSSR count). The van der Waals surface area contributed by atoms with Crippen LogP contribution in [0.25, 0.3) is 0 Å². The maximum absolute atomic E-state index is 11.4. The van der Waals surface area contributed by atoms with Gasteiger partial charge in [0.1, 0.15) is 0 Å². The molecule has 1 aromatic rings. The predicted octanol–water partition coefficient (Wildman–Crippen LogP) is 1.98. The van der Waals surface area contributed by atoms with Crippen LogP contribution in [0.15, 0.2) is 18.3 Å². The standard InChI is InChI=1S/C12H20N2O2S/c1-9(8-12(2,3)17(13)15)10-6-5-7-14-11(10)16-4/h5-7,9H,8,13H2,1-4H3/t9?,17-/m1/s1. The molecule has 0 bridgehead atoms. The van der Waals surface area contributed by atoms with Gasteiger partial charge in [-0.2, -0.15) is 0 Å². The molecule has 2 atom stereocenters. The molecule has 5 heteroatoms. The third kappa shape index (κ3) is 3.51. The van der Waals surface area contributed by atoms with E-state index in [1.54, 1.807) is 13.3 Å². The van der Waals surface area contributed by atoms with Crippen molar-refractivity contribution in [3.05, 3.63) is 23.9 Å². The summed E-state index contributed by atoms with van der Waals surface area (Å²) < 4.78 is 16.2. The molecule has 0 aliphatic rings. The first kappa shape index (κ1) is 14.1. The Bertz CT molecular complexity index is 407. The molecule has 0 saturated carbocycles. The van der Waals surface area contributed by atoms with Crippen LogP contribution in [0, 0.1) is 0 Å². The van der Waals surface area contributed by atoms with Crippen LogP contribution in [0.4, 0.5) is 0 Å². The van der Waals surface area contributed by atoms with Crippen LogP contribution in [0.5, 0.6) is 5.88 Å². The number of ether oxygens (including phenoxy) is 1. The number of hydrogen-bond donors (Lipinski definition) is 1. The molecule has 4 nitrogen and oxygen atoms in total. The molecule has 0 fully saturated rings. The molecule has 1 unspecified atom stereocenters. The van der Waals surface area contributed by atoms with Gasteiger partial charge in [-0.25, -0.2) is 9.19 Å². The van der Waals surface area contributed by atoms with Crippen molar-refractivity contribution in [3.63, 3.8) is 0 Å². The van der Waals surface area contributed by atoms with Crippen molar-refractivity contribution in [1.82, 2.24) is 4.98 Å². The summed E-state index contributed by atoms with van der Waals surface area (Å²) in [5, 5.41) is 5.49. The monoisotopic (exact) mass is 256 g/mol. The van der Waals surface area contributed by atoms with Gasteiger partial charge in [0.25, 0.3) is 0 Å². The van der Waals surface area contributed by atoms with E-state index in [0.29, 0.717) is 5.88 Å². The second-order valence-corrected chi connectivity index (χ2v) is 6.46. The minimum atomic E-state index is -1.34. The molecule has 96 valence electrons. The maximum atomic E-state index is 11.4. The van der Waals surface area contributed by atoms with Gasteiger partial charge in [-0.15, -0.1) is 0 Å². The van der Waals surface area contributed by atoms with Crippen molar-refractivity contribution in [2.75, 3.05) is 7.11 Å². The highest BCUT2D eigenvalue weighted by atomic mass is 32.2. The Morgan fingerprint density at radius 3 is 2.76 bits per heavy atom. The fraction of sp³-hybridized carbons (Fsp3) is 0.583. The van der Waals surface area contributed by atoms with Crippen LogP contribution < -0.4 is 9.88 Å². The SMILES string of the molecule is COc1ncccc1C(C)CC(C)(C)[S@](N)=O. The lowest BCUT2D eigenvalue weighted by Gasteiger charge is -2.25. The minimum Gasteiger partial charge on any atom is -0.481 e. The molecule has 0 aliphatic heterocycles. The Balaban J connectivity index is 2.90. The van der Waals surface area contributed by atoms with E-state index in [2.05, 4.69) is 11.9 Å². The molecule has 0 spiro atoms. The van der Waals surface area contributed by atoms with E-state index < -0.39 is 15.7 Å². The maximum Gasteiger partial charge on any atom is 0.216 e. The summed E-state index contributed by atoms with van der Waals surface area (Å²) in [6.07, 6.45) is 2.42. The summed E-state index contributed by atoms with van der Waals surface area (Å²) >= 11 is 0. The largest absolute Gasteiger partial charge is 0.481 e. The van der Waals surface area contributed by atoms with Gasteiger partial charge in [-0.05, 0) is 32.3 Å². The Hall–Kier alpha value is -0.940. The van der Waals surface area contributed by atoms with Crippen LogP contribution in [-0.4, -0.2) is 21.0 Å². The van der Waals surface area contributed by atoms with Gasteiger partial charge in [0.2, 0.25) is 5.88 Å². The van der Waals surface area contributed by atoms with Crippen molar-refractivity contribution >= 4 is 11.0 Å². The fourth-order valence-corrected chi connectivity index (χ4v) is 2.29. The average Bonchev–Trinajstić information content (AvgIpc) is 2.28. The van der Waals surface area contributed by atoms with Gasteiger partial charge in [-0.3, -0.25) is 5.14 Å². The zero-order chi connectivity index (χ0) is 13.1. The zero-order valence-electron chi connectivity index (χ0n) is 10.8. The number of hydrogen-bond acceptors (Lipinski definition) is 3. The Labute approximate surface area is 105 Å². The summed E-state index contributed by atoms with van der Waals surface area (Å²) in [7, 11) is 0.262. The summed E-state index contributed by atoms with van der Waals surface area (Å²) in [6, 6.07) is 3.85. The van der Waals surface area contributed by atoms with Crippen LogP contribution in [-0.2, 0) is 11.0 Å². The molecule has 2 N–H and O–H groups in total. The number of rotatable bonds is 5. The van der Waals surface area contributed by atoms with Crippen molar-refractivity contribution in [1.29, 1.82) is 0 Å². The molecular formula is C12H20N2O2S. The van der Waals surface area contributed by atoms with Crippen LogP contribution in [0.3, 0.4) is 0 Å². The Morgan fingerprint density at radius 2 is 2.24 bits per heavy atom. The lowest BCUT2D eigenvalue weighted by atomic mass is 9.92. The molecule has 1 aromatic heterocycles. The molecule has 0 saturated heterocycles. The molecule has 0 amide bonds. The van der Waals surface area contributed by atoms with E-state index in [0.717, 1.165) is 12.0 Å². The Morgan fingerprint density at radius 1 is 1.59 bits per heavy atom. The molecule has 0 radical (unpaired) electrons. The highest BCUT2D eigenvalue weighted by Crippen LogP contribution is 2.32. The topological polar surface area (TPSA) is 65.2 Å². The van der Waals surface area contributed by atoms with Crippen LogP contribution in [0.2, 0.25) is 0 Å². The fourth-order valence-electron chi connectivity index (χ4n) is 1.88. The van der Waals surface area contributed by atoms with Crippen LogP contribution in [0.1, 0.15) is 38.7 Å². The lowest BCUT2D eigenvalue weighted by molar-refractivity contribution is 0.386. The average molecular weight is 256 g/mol. The second kappa shape index (κ2) is 5.60. The first-order valence-electron chi connectivity index (χ1n) is 5.53. The second-order valence-electron chi connectivity index (χ2n) is 4.76. The Kier molecular flexibility index (Phi) is 4.65. The minimum absolute atomic E-state index is 0.196. The van der Waals surface area contributed by atoms with Gasteiger partial charge in [-0.1, -0.05) is 13.0 Å². The van der Waals surface area contributed by atoms with Gasteiger partial charge in [0.05, 0.1) is 22.8 Å². The van der Waals surface area contributed by atoms with E-state index in [-0.39, 0.29) is 5.92 Å². The van der Waals surface area contributed by atoms with E-state index >= 15 is 0 Å². The highest BCUT2D eigenvalue weighted by Gasteiger charge is 2.27. The quantitative estimate of drug-likeness (QED) is 0.876. The van der Waals surface area contributed by atoms with Crippen molar-refractivity contribution < 1.29 is 8.95 Å². The summed E-state index contributed by atoms with van der Waals surface area (Å²) in [6.45, 7) is 5.87. The molecule has 1 heterocycles. The smallest absolute Gasteiger partial charge is 0.216 e. The van der Waals surface area contributed by atoms with Crippen molar-refractivity contribution in [2.24, 2.45) is 5.14 Å². The molecule has 0 aromatic carbocycles. The van der Waals surface area contributed by atoms with Gasteiger partial charge in [0.15, 0.2) is 0 Å². The number of nitrogens with zero attached hydrogens (tertiary/aromatic N) is 1. The summed E-state index contributed by atoms with van der Waals surface area (Å²) in [5.74, 6) is 0.819. The first-order chi connectivity index (χ1) is 7.88. The van der Waals surface area contributed by atoms with Gasteiger partial charge >= 0.3 is 0 Å². The van der Waals surface area contributed by atoms with Crippen molar-refractivity contribution in [3.8, 4) is 5.88 Å². The lowest BCUT2D eigenvalue weighted by Crippen LogP contribution is -2.33. The van der Waals surface area contributed by atoms with E-state index in [4.69, 9.17) is 9.88 Å². The van der Waals surface area contributed by atoms with Crippen molar-refractivity contribution in [2.45, 2.75) is 37.9 Å². The van der Waals surface area contributed by atoms with Gasteiger partial charge < -0.3 is 4.74 Å².